The van der Waals surface area contributed by atoms with E-state index in [1.54, 1.807) is 23.9 Å². The second kappa shape index (κ2) is 6.76. The number of rotatable bonds is 2. The first kappa shape index (κ1) is 16.4. The lowest BCUT2D eigenvalue weighted by Crippen LogP contribution is -2.47. The summed E-state index contributed by atoms with van der Waals surface area (Å²) in [6, 6.07) is 5.89. The smallest absolute Gasteiger partial charge is 0.146 e. The largest absolute Gasteiger partial charge is 0.352 e. The van der Waals surface area contributed by atoms with Gasteiger partial charge < -0.3 is 15.1 Å². The minimum absolute atomic E-state index is 0.634. The zero-order valence-electron chi connectivity index (χ0n) is 14.9. The van der Waals surface area contributed by atoms with Crippen LogP contribution in [0.5, 0.6) is 0 Å². The summed E-state index contributed by atoms with van der Waals surface area (Å²) in [4.78, 5) is 20.6. The molecule has 0 atom stereocenters. The van der Waals surface area contributed by atoms with Crippen LogP contribution in [0.2, 0.25) is 0 Å². The SMILES string of the molecule is N#Cc1cccnc1N1CCN(c2ncnc3sc4c(c23)CCNC4)CC1. The second-order valence-electron chi connectivity index (χ2n) is 6.77. The van der Waals surface area contributed by atoms with Crippen LogP contribution in [-0.4, -0.2) is 47.7 Å². The molecule has 0 saturated carbocycles. The molecule has 27 heavy (non-hydrogen) atoms. The van der Waals surface area contributed by atoms with Gasteiger partial charge in [0, 0.05) is 43.8 Å². The van der Waals surface area contributed by atoms with Gasteiger partial charge in [-0.25, -0.2) is 15.0 Å². The average Bonchev–Trinajstić information content (AvgIpc) is 3.12. The lowest BCUT2D eigenvalue weighted by Gasteiger charge is -2.36. The number of nitrogens with one attached hydrogen (secondary N) is 1. The topological polar surface area (TPSA) is 81.0 Å². The molecule has 3 aromatic heterocycles. The molecule has 0 bridgehead atoms. The van der Waals surface area contributed by atoms with Crippen LogP contribution in [-0.2, 0) is 13.0 Å². The van der Waals surface area contributed by atoms with Crippen molar-refractivity contribution in [3.63, 3.8) is 0 Å². The van der Waals surface area contributed by atoms with Gasteiger partial charge in [-0.05, 0) is 30.7 Å². The molecule has 1 fully saturated rings. The van der Waals surface area contributed by atoms with Crippen LogP contribution >= 0.6 is 11.3 Å². The zero-order valence-corrected chi connectivity index (χ0v) is 15.7. The fraction of sp³-hybridized carbons (Fsp3) is 0.368. The summed E-state index contributed by atoms with van der Waals surface area (Å²) in [5.74, 6) is 1.84. The maximum Gasteiger partial charge on any atom is 0.146 e. The summed E-state index contributed by atoms with van der Waals surface area (Å²) in [6.07, 6.45) is 4.48. The highest BCUT2D eigenvalue weighted by Crippen LogP contribution is 2.37. The predicted octanol–water partition coefficient (Wildman–Crippen LogP) is 1.93. The maximum absolute atomic E-state index is 9.34. The highest BCUT2D eigenvalue weighted by molar-refractivity contribution is 7.19. The van der Waals surface area contributed by atoms with Crippen LogP contribution in [0, 0.1) is 11.3 Å². The van der Waals surface area contributed by atoms with Crippen molar-refractivity contribution in [1.82, 2.24) is 20.3 Å². The van der Waals surface area contributed by atoms with Crippen molar-refractivity contribution in [2.75, 3.05) is 42.5 Å². The Hall–Kier alpha value is -2.76. The molecular formula is C19H19N7S. The molecular weight excluding hydrogens is 358 g/mol. The Morgan fingerprint density at radius 3 is 2.70 bits per heavy atom. The Bertz CT molecular complexity index is 1030. The summed E-state index contributed by atoms with van der Waals surface area (Å²) in [6.45, 7) is 5.31. The van der Waals surface area contributed by atoms with E-state index in [9.17, 15) is 5.26 Å². The number of nitriles is 1. The van der Waals surface area contributed by atoms with Crippen LogP contribution in [0.4, 0.5) is 11.6 Å². The maximum atomic E-state index is 9.34. The molecule has 7 nitrogen and oxygen atoms in total. The number of pyridine rings is 1. The quantitative estimate of drug-likeness (QED) is 0.731. The molecule has 5 rings (SSSR count). The van der Waals surface area contributed by atoms with E-state index >= 15 is 0 Å². The third-order valence-electron chi connectivity index (χ3n) is 5.27. The Labute approximate surface area is 161 Å². The summed E-state index contributed by atoms with van der Waals surface area (Å²) in [5, 5.41) is 14.0. The first-order chi connectivity index (χ1) is 13.3. The monoisotopic (exact) mass is 377 g/mol. The Balaban J connectivity index is 1.43. The lowest BCUT2D eigenvalue weighted by atomic mass is 10.1. The van der Waals surface area contributed by atoms with E-state index in [4.69, 9.17) is 0 Å². The lowest BCUT2D eigenvalue weighted by molar-refractivity contribution is 0.640. The van der Waals surface area contributed by atoms with E-state index in [2.05, 4.69) is 36.1 Å². The van der Waals surface area contributed by atoms with E-state index in [-0.39, 0.29) is 0 Å². The first-order valence-corrected chi connectivity index (χ1v) is 9.98. The van der Waals surface area contributed by atoms with Gasteiger partial charge in [-0.15, -0.1) is 11.3 Å². The molecule has 2 aliphatic heterocycles. The summed E-state index contributed by atoms with van der Waals surface area (Å²) < 4.78 is 0. The summed E-state index contributed by atoms with van der Waals surface area (Å²) >= 11 is 1.78. The van der Waals surface area contributed by atoms with Crippen LogP contribution in [0.3, 0.4) is 0 Å². The van der Waals surface area contributed by atoms with Crippen molar-refractivity contribution >= 4 is 33.2 Å². The van der Waals surface area contributed by atoms with Gasteiger partial charge in [-0.1, -0.05) is 0 Å². The van der Waals surface area contributed by atoms with E-state index < -0.39 is 0 Å². The number of piperazine rings is 1. The third kappa shape index (κ3) is 2.80. The normalized spacial score (nSPS) is 17.0. The molecule has 0 aliphatic carbocycles. The van der Waals surface area contributed by atoms with Gasteiger partial charge in [0.25, 0.3) is 0 Å². The number of hydrogen-bond donors (Lipinski definition) is 1. The second-order valence-corrected chi connectivity index (χ2v) is 7.85. The Morgan fingerprint density at radius 2 is 1.89 bits per heavy atom. The standard InChI is InChI=1S/C19H19N7S/c20-10-13-2-1-4-22-17(13)25-6-8-26(9-7-25)18-16-14-3-5-21-11-15(14)27-19(16)24-12-23-18/h1-2,4,12,21H,3,5-9,11H2. The highest BCUT2D eigenvalue weighted by atomic mass is 32.1. The molecule has 0 amide bonds. The van der Waals surface area contributed by atoms with Crippen molar-refractivity contribution < 1.29 is 0 Å². The van der Waals surface area contributed by atoms with Crippen LogP contribution in [0.1, 0.15) is 16.0 Å². The molecule has 3 aromatic rings. The fourth-order valence-electron chi connectivity index (χ4n) is 3.95. The van der Waals surface area contributed by atoms with Crippen molar-refractivity contribution in [2.45, 2.75) is 13.0 Å². The summed E-state index contributed by atoms with van der Waals surface area (Å²) in [5.41, 5.74) is 2.05. The van der Waals surface area contributed by atoms with Crippen molar-refractivity contribution in [1.29, 1.82) is 5.26 Å². The highest BCUT2D eigenvalue weighted by Gasteiger charge is 2.26. The van der Waals surface area contributed by atoms with Crippen molar-refractivity contribution in [3.05, 3.63) is 40.7 Å². The minimum Gasteiger partial charge on any atom is -0.352 e. The van der Waals surface area contributed by atoms with E-state index in [1.165, 1.54) is 15.8 Å². The molecule has 1 saturated heterocycles. The predicted molar refractivity (Wildman–Crippen MR) is 106 cm³/mol. The van der Waals surface area contributed by atoms with Gasteiger partial charge in [0.15, 0.2) is 0 Å². The molecule has 2 aliphatic rings. The number of fused-ring (bicyclic) bond motifs is 3. The molecule has 5 heterocycles. The number of anilines is 2. The number of hydrogen-bond acceptors (Lipinski definition) is 8. The van der Waals surface area contributed by atoms with Gasteiger partial charge >= 0.3 is 0 Å². The Morgan fingerprint density at radius 1 is 1.07 bits per heavy atom. The van der Waals surface area contributed by atoms with Crippen LogP contribution in [0.15, 0.2) is 24.7 Å². The summed E-state index contributed by atoms with van der Waals surface area (Å²) in [7, 11) is 0. The average molecular weight is 377 g/mol. The van der Waals surface area contributed by atoms with Gasteiger partial charge in [0.1, 0.15) is 28.9 Å². The van der Waals surface area contributed by atoms with Gasteiger partial charge in [-0.3, -0.25) is 0 Å². The van der Waals surface area contributed by atoms with E-state index in [0.29, 0.717) is 5.56 Å². The zero-order chi connectivity index (χ0) is 18.2. The molecule has 8 heteroatoms. The molecule has 0 unspecified atom stereocenters. The van der Waals surface area contributed by atoms with Crippen LogP contribution in [0.25, 0.3) is 10.2 Å². The molecule has 0 radical (unpaired) electrons. The molecule has 1 N–H and O–H groups in total. The fourth-order valence-corrected chi connectivity index (χ4v) is 5.10. The van der Waals surface area contributed by atoms with E-state index in [0.717, 1.165) is 62.2 Å². The van der Waals surface area contributed by atoms with Crippen LogP contribution < -0.4 is 15.1 Å². The first-order valence-electron chi connectivity index (χ1n) is 9.16. The van der Waals surface area contributed by atoms with Gasteiger partial charge in [-0.2, -0.15) is 5.26 Å². The van der Waals surface area contributed by atoms with Gasteiger partial charge in [0.05, 0.1) is 10.9 Å². The van der Waals surface area contributed by atoms with Crippen molar-refractivity contribution in [2.24, 2.45) is 0 Å². The number of nitrogens with zero attached hydrogens (tertiary/aromatic N) is 6. The molecule has 136 valence electrons. The van der Waals surface area contributed by atoms with E-state index in [1.807, 2.05) is 12.1 Å². The third-order valence-corrected chi connectivity index (χ3v) is 6.41. The minimum atomic E-state index is 0.634. The van der Waals surface area contributed by atoms with Crippen molar-refractivity contribution in [3.8, 4) is 6.07 Å². The Kier molecular flexibility index (Phi) is 4.11. The number of aromatic nitrogens is 3. The molecule has 0 spiro atoms. The molecule has 0 aromatic carbocycles. The number of thiophene rings is 1. The van der Waals surface area contributed by atoms with Gasteiger partial charge in [0.2, 0.25) is 0 Å².